The molecule has 0 heterocycles. The van der Waals surface area contributed by atoms with Crippen LogP contribution in [0.15, 0.2) is 0 Å². The van der Waals surface area contributed by atoms with Gasteiger partial charge in [0.2, 0.25) is 5.41 Å². The summed E-state index contributed by atoms with van der Waals surface area (Å²) in [5.41, 5.74) is -16.2. The van der Waals surface area contributed by atoms with Crippen molar-refractivity contribution in [3.05, 3.63) is 0 Å². The molecule has 0 aliphatic carbocycles. The average molecular weight is 428 g/mol. The number of halogens is 6. The summed E-state index contributed by atoms with van der Waals surface area (Å²) in [6, 6.07) is 0. The molecule has 18 heteroatoms. The van der Waals surface area contributed by atoms with Crippen molar-refractivity contribution in [1.82, 2.24) is 0 Å². The van der Waals surface area contributed by atoms with Crippen LogP contribution < -0.4 is 0 Å². The molecule has 148 valence electrons. The molecule has 10 nitrogen and oxygen atoms in total. The molecule has 0 spiro atoms. The SMILES string of the molecule is O=C(O)C(COS(=O)(=O)C(F)(F)F)(COS(=O)(=O)C(F)(F)F)C(=O)O. The largest absolute Gasteiger partial charge is 0.523 e. The molecule has 0 amide bonds. The summed E-state index contributed by atoms with van der Waals surface area (Å²) in [7, 11) is -13.1. The molecule has 0 saturated carbocycles. The van der Waals surface area contributed by atoms with Crippen LogP contribution in [0.4, 0.5) is 26.3 Å². The maximum absolute atomic E-state index is 12.1. The standard InChI is InChI=1S/C7H6F6O10S2/c8-6(9,10)24(18,19)22-1-5(3(14)15,4(16)17)2-23-25(20,21)7(11,12)13/h1-2H2,(H,14,15)(H,16,17). The third kappa shape index (κ3) is 5.16. The molecule has 0 aliphatic rings. The maximum atomic E-state index is 12.1. The minimum Gasteiger partial charge on any atom is -0.480 e. The molecule has 0 bridgehead atoms. The van der Waals surface area contributed by atoms with Gasteiger partial charge in [-0.05, 0) is 0 Å². The van der Waals surface area contributed by atoms with E-state index in [0.29, 0.717) is 0 Å². The zero-order chi connectivity index (χ0) is 20.5. The lowest BCUT2D eigenvalue weighted by atomic mass is 9.91. The minimum atomic E-state index is -6.53. The number of hydrogen-bond donors (Lipinski definition) is 2. The Balaban J connectivity index is 5.73. The molecule has 0 rings (SSSR count). The number of rotatable bonds is 8. The summed E-state index contributed by atoms with van der Waals surface area (Å²) in [6.45, 7) is -4.82. The van der Waals surface area contributed by atoms with Gasteiger partial charge in [-0.1, -0.05) is 0 Å². The highest BCUT2D eigenvalue weighted by molar-refractivity contribution is 7.87. The van der Waals surface area contributed by atoms with E-state index in [1.54, 1.807) is 0 Å². The fraction of sp³-hybridized carbons (Fsp3) is 0.714. The van der Waals surface area contributed by atoms with Gasteiger partial charge in [-0.25, -0.2) is 0 Å². The van der Waals surface area contributed by atoms with Gasteiger partial charge in [-0.15, -0.1) is 0 Å². The predicted molar refractivity (Wildman–Crippen MR) is 59.6 cm³/mol. The predicted octanol–water partition coefficient (Wildman–Crippen LogP) is -0.126. The molecule has 2 N–H and O–H groups in total. The van der Waals surface area contributed by atoms with Crippen LogP contribution in [-0.4, -0.2) is 63.2 Å². The second kappa shape index (κ2) is 6.92. The minimum absolute atomic E-state index is 2.41. The second-order valence-corrected chi connectivity index (χ2v) is 7.23. The summed E-state index contributed by atoms with van der Waals surface area (Å²) < 4.78 is 121. The highest BCUT2D eigenvalue weighted by Gasteiger charge is 2.56. The van der Waals surface area contributed by atoms with Crippen LogP contribution in [-0.2, 0) is 38.2 Å². The average Bonchev–Trinajstić information content (AvgIpc) is 2.35. The van der Waals surface area contributed by atoms with Crippen molar-refractivity contribution in [2.24, 2.45) is 5.41 Å². The molecule has 0 aromatic heterocycles. The first-order chi connectivity index (χ1) is 10.8. The summed E-state index contributed by atoms with van der Waals surface area (Å²) in [5, 5.41) is 17.4. The van der Waals surface area contributed by atoms with Gasteiger partial charge in [0, 0.05) is 0 Å². The molecule has 0 unspecified atom stereocenters. The lowest BCUT2D eigenvalue weighted by molar-refractivity contribution is -0.170. The Labute approximate surface area is 134 Å². The first-order valence-corrected chi connectivity index (χ1v) is 8.00. The lowest BCUT2D eigenvalue weighted by Gasteiger charge is -2.24. The Morgan fingerprint density at radius 1 is 0.720 bits per heavy atom. The van der Waals surface area contributed by atoms with Gasteiger partial charge in [0.1, 0.15) is 0 Å². The van der Waals surface area contributed by atoms with Crippen LogP contribution in [0.5, 0.6) is 0 Å². The van der Waals surface area contributed by atoms with E-state index in [2.05, 4.69) is 8.37 Å². The molecule has 25 heavy (non-hydrogen) atoms. The highest BCUT2D eigenvalue weighted by atomic mass is 32.2. The molecule has 0 radical (unpaired) electrons. The second-order valence-electron chi connectivity index (χ2n) is 4.02. The Morgan fingerprint density at radius 2 is 0.960 bits per heavy atom. The van der Waals surface area contributed by atoms with E-state index in [4.69, 9.17) is 10.2 Å². The van der Waals surface area contributed by atoms with Gasteiger partial charge in [-0.3, -0.25) is 18.0 Å². The maximum Gasteiger partial charge on any atom is 0.523 e. The van der Waals surface area contributed by atoms with Gasteiger partial charge in [-0.2, -0.15) is 43.2 Å². The summed E-state index contributed by atoms with van der Waals surface area (Å²) >= 11 is 0. The topological polar surface area (TPSA) is 161 Å². The van der Waals surface area contributed by atoms with Gasteiger partial charge in [0.05, 0.1) is 13.2 Å². The van der Waals surface area contributed by atoms with Crippen molar-refractivity contribution in [3.63, 3.8) is 0 Å². The molecule has 0 aromatic rings. The van der Waals surface area contributed by atoms with Crippen molar-refractivity contribution in [2.75, 3.05) is 13.2 Å². The van der Waals surface area contributed by atoms with Gasteiger partial charge in [0.25, 0.3) is 0 Å². The Bertz CT molecular complexity index is 669. The van der Waals surface area contributed by atoms with Gasteiger partial charge >= 0.3 is 43.2 Å². The molecule has 0 atom stereocenters. The first-order valence-electron chi connectivity index (χ1n) is 5.18. The lowest BCUT2D eigenvalue weighted by Crippen LogP contribution is -2.49. The van der Waals surface area contributed by atoms with Crippen LogP contribution in [0, 0.1) is 5.41 Å². The third-order valence-corrected chi connectivity index (χ3v) is 4.30. The van der Waals surface area contributed by atoms with Crippen molar-refractivity contribution in [2.45, 2.75) is 11.0 Å². The van der Waals surface area contributed by atoms with Crippen LogP contribution >= 0.6 is 0 Å². The Morgan fingerprint density at radius 3 is 1.12 bits per heavy atom. The number of carboxylic acids is 2. The summed E-state index contributed by atoms with van der Waals surface area (Å²) in [4.78, 5) is 21.8. The van der Waals surface area contributed by atoms with Crippen molar-refractivity contribution < 1.29 is 71.3 Å². The normalized spacial score (nSPS) is 14.3. The van der Waals surface area contributed by atoms with Crippen molar-refractivity contribution in [3.8, 4) is 0 Å². The van der Waals surface area contributed by atoms with Crippen LogP contribution in [0.3, 0.4) is 0 Å². The fourth-order valence-electron chi connectivity index (χ4n) is 0.870. The molecule has 0 fully saturated rings. The van der Waals surface area contributed by atoms with Gasteiger partial charge < -0.3 is 10.2 Å². The van der Waals surface area contributed by atoms with Crippen molar-refractivity contribution in [1.29, 1.82) is 0 Å². The quantitative estimate of drug-likeness (QED) is 0.231. The number of aliphatic carboxylic acids is 2. The molecule has 0 aliphatic heterocycles. The van der Waals surface area contributed by atoms with E-state index in [9.17, 15) is 52.8 Å². The molecule has 0 aromatic carbocycles. The molecule has 0 saturated heterocycles. The zero-order valence-corrected chi connectivity index (χ0v) is 12.8. The van der Waals surface area contributed by atoms with E-state index < -0.39 is 61.8 Å². The zero-order valence-electron chi connectivity index (χ0n) is 11.2. The van der Waals surface area contributed by atoms with E-state index >= 15 is 0 Å². The number of carbonyl (C=O) groups is 2. The van der Waals surface area contributed by atoms with Crippen LogP contribution in [0.25, 0.3) is 0 Å². The first kappa shape index (κ1) is 23.3. The van der Waals surface area contributed by atoms with Gasteiger partial charge in [0.15, 0.2) is 0 Å². The van der Waals surface area contributed by atoms with Crippen LogP contribution in [0.1, 0.15) is 0 Å². The summed E-state index contributed by atoms with van der Waals surface area (Å²) in [5.74, 6) is -5.45. The Kier molecular flexibility index (Phi) is 6.46. The van der Waals surface area contributed by atoms with Crippen LogP contribution in [0.2, 0.25) is 0 Å². The highest BCUT2D eigenvalue weighted by Crippen LogP contribution is 2.31. The smallest absolute Gasteiger partial charge is 0.480 e. The monoisotopic (exact) mass is 428 g/mol. The molecular weight excluding hydrogens is 422 g/mol. The van der Waals surface area contributed by atoms with E-state index in [0.717, 1.165) is 0 Å². The number of carboxylic acid groups (broad SMARTS) is 2. The Hall–Kier alpha value is -1.66. The summed E-state index contributed by atoms with van der Waals surface area (Å²) in [6.07, 6.45) is 0. The fourth-order valence-corrected chi connectivity index (χ4v) is 1.85. The van der Waals surface area contributed by atoms with Crippen molar-refractivity contribution >= 4 is 32.2 Å². The molecular formula is C7H6F6O10S2. The van der Waals surface area contributed by atoms with E-state index in [1.807, 2.05) is 0 Å². The number of hydrogen-bond acceptors (Lipinski definition) is 8. The van der Waals surface area contributed by atoms with E-state index in [-0.39, 0.29) is 0 Å². The number of alkyl halides is 6. The van der Waals surface area contributed by atoms with E-state index in [1.165, 1.54) is 0 Å². The third-order valence-electron chi connectivity index (χ3n) is 2.31.